The third-order valence-electron chi connectivity index (χ3n) is 5.68. The lowest BCUT2D eigenvalue weighted by atomic mass is 10.0. The fourth-order valence-electron chi connectivity index (χ4n) is 4.18. The highest BCUT2D eigenvalue weighted by molar-refractivity contribution is 9.10. The predicted molar refractivity (Wildman–Crippen MR) is 140 cm³/mol. The van der Waals surface area contributed by atoms with Crippen LogP contribution < -0.4 is 15.5 Å². The highest BCUT2D eigenvalue weighted by Gasteiger charge is 2.42. The monoisotopic (exact) mass is 550 g/mol. The maximum absolute atomic E-state index is 14.6. The summed E-state index contributed by atoms with van der Waals surface area (Å²) in [6.45, 7) is 1.46. The summed E-state index contributed by atoms with van der Waals surface area (Å²) in [4.78, 5) is 17.9. The van der Waals surface area contributed by atoms with Crippen molar-refractivity contribution in [3.63, 3.8) is 0 Å². The minimum absolute atomic E-state index is 0.146. The zero-order valence-electron chi connectivity index (χ0n) is 18.5. The Hall–Kier alpha value is -3.56. The summed E-state index contributed by atoms with van der Waals surface area (Å²) >= 11 is 9.02. The van der Waals surface area contributed by atoms with Gasteiger partial charge in [0.15, 0.2) is 5.11 Å². The van der Waals surface area contributed by atoms with Gasteiger partial charge >= 0.3 is 0 Å². The maximum Gasteiger partial charge on any atom is 0.221 e. The van der Waals surface area contributed by atoms with Gasteiger partial charge in [-0.1, -0.05) is 22.0 Å². The fourth-order valence-corrected chi connectivity index (χ4v) is 4.86. The first-order chi connectivity index (χ1) is 16.9. The fraction of sp³-hybridized carbons (Fsp3) is 0.115. The van der Waals surface area contributed by atoms with Crippen LogP contribution in [0.1, 0.15) is 30.5 Å². The van der Waals surface area contributed by atoms with Gasteiger partial charge in [-0.2, -0.15) is 0 Å². The number of nitrogens with one attached hydrogen (secondary N) is 2. The average Bonchev–Trinajstić information content (AvgIpc) is 3.44. The summed E-state index contributed by atoms with van der Waals surface area (Å²) in [6.07, 6.45) is 1.73. The van der Waals surface area contributed by atoms with Crippen LogP contribution in [0.4, 0.5) is 15.8 Å². The molecule has 0 unspecified atom stereocenters. The number of nitrogens with zero attached hydrogens (tertiary/aromatic N) is 2. The van der Waals surface area contributed by atoms with Crippen molar-refractivity contribution in [2.24, 2.45) is 0 Å². The van der Waals surface area contributed by atoms with E-state index >= 15 is 0 Å². The van der Waals surface area contributed by atoms with Crippen LogP contribution in [-0.2, 0) is 4.79 Å². The van der Waals surface area contributed by atoms with Gasteiger partial charge in [-0.3, -0.25) is 9.78 Å². The number of carbonyl (C=O) groups is 1. The first-order valence-electron chi connectivity index (χ1n) is 10.8. The van der Waals surface area contributed by atoms with Crippen LogP contribution in [0.25, 0.3) is 11.3 Å². The number of anilines is 2. The number of aromatic nitrogens is 1. The lowest BCUT2D eigenvalue weighted by molar-refractivity contribution is -0.114. The first kappa shape index (κ1) is 23.2. The molecule has 35 heavy (non-hydrogen) atoms. The van der Waals surface area contributed by atoms with Gasteiger partial charge in [-0.15, -0.1) is 0 Å². The Labute approximate surface area is 215 Å². The van der Waals surface area contributed by atoms with E-state index in [1.165, 1.54) is 13.0 Å². The molecule has 1 aliphatic heterocycles. The van der Waals surface area contributed by atoms with E-state index in [0.717, 1.165) is 11.4 Å². The van der Waals surface area contributed by atoms with Crippen molar-refractivity contribution in [1.82, 2.24) is 10.3 Å². The summed E-state index contributed by atoms with van der Waals surface area (Å²) < 4.78 is 21.5. The highest BCUT2D eigenvalue weighted by atomic mass is 79.9. The molecule has 0 bridgehead atoms. The van der Waals surface area contributed by atoms with E-state index in [4.69, 9.17) is 16.6 Å². The molecule has 2 N–H and O–H groups in total. The molecule has 1 aliphatic rings. The smallest absolute Gasteiger partial charge is 0.221 e. The highest BCUT2D eigenvalue weighted by Crippen LogP contribution is 2.43. The molecule has 3 heterocycles. The number of hydrogen-bond donors (Lipinski definition) is 2. The number of hydrogen-bond acceptors (Lipinski definition) is 4. The molecule has 0 spiro atoms. The van der Waals surface area contributed by atoms with Crippen LogP contribution in [-0.4, -0.2) is 16.0 Å². The molecule has 0 radical (unpaired) electrons. The van der Waals surface area contributed by atoms with Crippen molar-refractivity contribution in [1.29, 1.82) is 0 Å². The second kappa shape index (κ2) is 9.59. The quantitative estimate of drug-likeness (QED) is 0.281. The van der Waals surface area contributed by atoms with Gasteiger partial charge in [-0.05, 0) is 78.9 Å². The van der Waals surface area contributed by atoms with Crippen LogP contribution in [0.2, 0.25) is 0 Å². The van der Waals surface area contributed by atoms with E-state index in [-0.39, 0.29) is 23.8 Å². The topological polar surface area (TPSA) is 70.4 Å². The molecule has 6 nitrogen and oxygen atoms in total. The van der Waals surface area contributed by atoms with Crippen molar-refractivity contribution in [2.75, 3.05) is 10.2 Å². The summed E-state index contributed by atoms with van der Waals surface area (Å²) in [5.41, 5.74) is 2.66. The summed E-state index contributed by atoms with van der Waals surface area (Å²) in [6, 6.07) is 20.9. The molecule has 2 aromatic carbocycles. The third kappa shape index (κ3) is 4.69. The van der Waals surface area contributed by atoms with E-state index < -0.39 is 0 Å². The molecule has 0 saturated carbocycles. The average molecular weight is 551 g/mol. The maximum atomic E-state index is 14.6. The first-order valence-corrected chi connectivity index (χ1v) is 12.0. The number of thiocarbonyl (C=S) groups is 1. The molecule has 5 rings (SSSR count). The summed E-state index contributed by atoms with van der Waals surface area (Å²) in [5, 5.41) is 6.64. The van der Waals surface area contributed by atoms with Gasteiger partial charge in [0.05, 0.1) is 17.3 Å². The predicted octanol–water partition coefficient (Wildman–Crippen LogP) is 6.38. The number of halogens is 2. The Balaban J connectivity index is 1.56. The molecule has 1 amide bonds. The van der Waals surface area contributed by atoms with E-state index in [2.05, 4.69) is 31.5 Å². The van der Waals surface area contributed by atoms with Gasteiger partial charge in [0.1, 0.15) is 23.4 Å². The van der Waals surface area contributed by atoms with Crippen LogP contribution in [0.3, 0.4) is 0 Å². The zero-order chi connectivity index (χ0) is 24.5. The summed E-state index contributed by atoms with van der Waals surface area (Å²) in [5.74, 6) is 0.499. The molecule has 4 aromatic rings. The number of rotatable bonds is 5. The third-order valence-corrected chi connectivity index (χ3v) is 6.49. The van der Waals surface area contributed by atoms with Crippen molar-refractivity contribution in [2.45, 2.75) is 19.0 Å². The number of furan rings is 1. The molecular weight excluding hydrogens is 531 g/mol. The zero-order valence-corrected chi connectivity index (χ0v) is 20.9. The standard InChI is InChI=1S/C26H20BrFN4O2S/c1-15(33)30-17-6-8-18(9-7-17)32-25(24(31-26(32)35)21-4-2-3-13-29-21)23-12-11-22(34-23)19-10-5-16(27)14-20(19)28/h2-14,24-25H,1H3,(H,30,33)(H,31,35)/t24-,25+/m0/s1. The van der Waals surface area contributed by atoms with E-state index in [0.29, 0.717) is 32.4 Å². The number of carbonyl (C=O) groups excluding carboxylic acids is 1. The van der Waals surface area contributed by atoms with Gasteiger partial charge < -0.3 is 20.0 Å². The molecule has 9 heteroatoms. The van der Waals surface area contributed by atoms with Crippen LogP contribution in [0, 0.1) is 5.82 Å². The van der Waals surface area contributed by atoms with Crippen LogP contribution in [0.15, 0.2) is 87.9 Å². The Morgan fingerprint density at radius 3 is 2.63 bits per heavy atom. The molecule has 2 atom stereocenters. The van der Waals surface area contributed by atoms with E-state index in [1.807, 2.05) is 53.4 Å². The van der Waals surface area contributed by atoms with Gasteiger partial charge in [0.2, 0.25) is 5.91 Å². The minimum atomic E-state index is -0.382. The molecular formula is C26H20BrFN4O2S. The van der Waals surface area contributed by atoms with Crippen molar-refractivity contribution in [3.05, 3.63) is 101 Å². The lowest BCUT2D eigenvalue weighted by Crippen LogP contribution is -2.29. The Morgan fingerprint density at radius 2 is 1.94 bits per heavy atom. The summed E-state index contributed by atoms with van der Waals surface area (Å²) in [7, 11) is 0. The van der Waals surface area contributed by atoms with Gasteiger partial charge in [0.25, 0.3) is 0 Å². The van der Waals surface area contributed by atoms with Crippen molar-refractivity contribution < 1.29 is 13.6 Å². The Kier molecular flexibility index (Phi) is 6.36. The van der Waals surface area contributed by atoms with Crippen molar-refractivity contribution >= 4 is 50.5 Å². The van der Waals surface area contributed by atoms with Gasteiger partial charge in [0, 0.05) is 29.0 Å². The van der Waals surface area contributed by atoms with Crippen LogP contribution >= 0.6 is 28.1 Å². The second-order valence-corrected chi connectivity index (χ2v) is 9.35. The van der Waals surface area contributed by atoms with E-state index in [1.54, 1.807) is 24.4 Å². The largest absolute Gasteiger partial charge is 0.459 e. The number of benzene rings is 2. The molecule has 1 saturated heterocycles. The normalized spacial score (nSPS) is 17.3. The lowest BCUT2D eigenvalue weighted by Gasteiger charge is -2.26. The Bertz CT molecular complexity index is 1390. The molecule has 2 aromatic heterocycles. The Morgan fingerprint density at radius 1 is 1.14 bits per heavy atom. The SMILES string of the molecule is CC(=O)Nc1ccc(N2C(=S)N[C@@H](c3ccccn3)[C@H]2c2ccc(-c3ccc(Br)cc3F)o2)cc1. The van der Waals surface area contributed by atoms with Crippen molar-refractivity contribution in [3.8, 4) is 11.3 Å². The van der Waals surface area contributed by atoms with Gasteiger partial charge in [-0.25, -0.2) is 4.39 Å². The van der Waals surface area contributed by atoms with Crippen LogP contribution in [0.5, 0.6) is 0 Å². The molecule has 176 valence electrons. The number of pyridine rings is 1. The van der Waals surface area contributed by atoms with E-state index in [9.17, 15) is 9.18 Å². The minimum Gasteiger partial charge on any atom is -0.459 e. The second-order valence-electron chi connectivity index (χ2n) is 8.05. The molecule has 0 aliphatic carbocycles. The number of amides is 1. The molecule has 1 fully saturated rings.